The number of anilines is 1. The van der Waals surface area contributed by atoms with E-state index < -0.39 is 23.6 Å². The van der Waals surface area contributed by atoms with Gasteiger partial charge in [0.05, 0.1) is 21.0 Å². The van der Waals surface area contributed by atoms with Crippen molar-refractivity contribution in [3.63, 3.8) is 0 Å². The molecule has 3 aromatic carbocycles. The summed E-state index contributed by atoms with van der Waals surface area (Å²) in [5.41, 5.74) is 2.65. The number of carboxylic acids is 1. The van der Waals surface area contributed by atoms with Gasteiger partial charge in [0.1, 0.15) is 11.5 Å². The second-order valence-corrected chi connectivity index (χ2v) is 11.4. The van der Waals surface area contributed by atoms with E-state index >= 15 is 0 Å². The number of rotatable bonds is 7. The number of piperidine rings is 1. The maximum atomic E-state index is 14.8. The highest BCUT2D eigenvalue weighted by molar-refractivity contribution is 7.15. The van der Waals surface area contributed by atoms with Crippen LogP contribution in [-0.4, -0.2) is 45.9 Å². The van der Waals surface area contributed by atoms with Crippen molar-refractivity contribution in [2.24, 2.45) is 0 Å². The van der Waals surface area contributed by atoms with Gasteiger partial charge in [-0.1, -0.05) is 56.3 Å². The number of likely N-dealkylation sites (tertiary alicyclic amines) is 1. The Hall–Kier alpha value is -4.37. The molecule has 1 aliphatic rings. The molecule has 0 bridgehead atoms. The van der Waals surface area contributed by atoms with Crippen molar-refractivity contribution in [1.82, 2.24) is 9.88 Å². The number of nitrogens with zero attached hydrogens (tertiary/aromatic N) is 2. The first kappa shape index (κ1) is 28.2. The highest BCUT2D eigenvalue weighted by atomic mass is 32.1. The van der Waals surface area contributed by atoms with Gasteiger partial charge in [-0.3, -0.25) is 9.59 Å². The zero-order chi connectivity index (χ0) is 29.1. The van der Waals surface area contributed by atoms with Crippen molar-refractivity contribution in [2.45, 2.75) is 38.5 Å². The molecule has 2 N–H and O–H groups in total. The van der Waals surface area contributed by atoms with E-state index in [1.165, 1.54) is 29.5 Å². The smallest absolute Gasteiger partial charge is 0.335 e. The zero-order valence-corrected chi connectivity index (χ0v) is 23.6. The Balaban J connectivity index is 1.29. The summed E-state index contributed by atoms with van der Waals surface area (Å²) in [6, 6.07) is 20.4. The highest BCUT2D eigenvalue weighted by Gasteiger charge is 2.27. The first-order valence-corrected chi connectivity index (χ1v) is 14.3. The number of hydrogen-bond acceptors (Lipinski definition) is 5. The number of carbonyl (C=O) groups excluding carboxylic acids is 2. The first-order chi connectivity index (χ1) is 19.7. The summed E-state index contributed by atoms with van der Waals surface area (Å²) in [4.78, 5) is 44.8. The minimum Gasteiger partial charge on any atom is -0.478 e. The van der Waals surface area contributed by atoms with Crippen LogP contribution in [0.2, 0.25) is 0 Å². The lowest BCUT2D eigenvalue weighted by Gasteiger charge is -2.32. The number of aromatic nitrogens is 1. The normalized spacial score (nSPS) is 13.8. The number of nitrogens with one attached hydrogen (secondary N) is 1. The van der Waals surface area contributed by atoms with Crippen molar-refractivity contribution in [3.05, 3.63) is 106 Å². The van der Waals surface area contributed by atoms with E-state index in [0.717, 1.165) is 21.0 Å². The van der Waals surface area contributed by atoms with Gasteiger partial charge in [-0.15, -0.1) is 11.3 Å². The molecule has 7 nitrogen and oxygen atoms in total. The maximum Gasteiger partial charge on any atom is 0.335 e. The van der Waals surface area contributed by atoms with E-state index in [9.17, 15) is 18.8 Å². The van der Waals surface area contributed by atoms with Gasteiger partial charge in [0.2, 0.25) is 0 Å². The number of carboxylic acid groups (broad SMARTS) is 1. The topological polar surface area (TPSA) is 99.6 Å². The van der Waals surface area contributed by atoms with Crippen molar-refractivity contribution in [3.8, 4) is 10.4 Å². The van der Waals surface area contributed by atoms with Crippen LogP contribution in [-0.2, 0) is 0 Å². The fraction of sp³-hybridized carbons (Fsp3) is 0.250. The van der Waals surface area contributed by atoms with Gasteiger partial charge in [-0.25, -0.2) is 14.2 Å². The largest absolute Gasteiger partial charge is 0.478 e. The Bertz CT molecular complexity index is 1580. The van der Waals surface area contributed by atoms with Gasteiger partial charge in [-0.05, 0) is 60.2 Å². The predicted molar refractivity (Wildman–Crippen MR) is 157 cm³/mol. The lowest BCUT2D eigenvalue weighted by Crippen LogP contribution is -2.38. The van der Waals surface area contributed by atoms with Crippen LogP contribution >= 0.6 is 11.3 Å². The Morgan fingerprint density at radius 3 is 2.32 bits per heavy atom. The Morgan fingerprint density at radius 1 is 1.00 bits per heavy atom. The predicted octanol–water partition coefficient (Wildman–Crippen LogP) is 7.04. The molecule has 1 aliphatic heterocycles. The van der Waals surface area contributed by atoms with Crippen LogP contribution < -0.4 is 5.32 Å². The number of benzene rings is 3. The third-order valence-electron chi connectivity index (χ3n) is 7.25. The van der Waals surface area contributed by atoms with Gasteiger partial charge < -0.3 is 15.3 Å². The quantitative estimate of drug-likeness (QED) is 0.248. The van der Waals surface area contributed by atoms with Gasteiger partial charge in [-0.2, -0.15) is 0 Å². The van der Waals surface area contributed by atoms with Crippen molar-refractivity contribution in [2.75, 3.05) is 18.4 Å². The summed E-state index contributed by atoms with van der Waals surface area (Å²) in [5, 5.41) is 12.8. The zero-order valence-electron chi connectivity index (χ0n) is 22.8. The summed E-state index contributed by atoms with van der Waals surface area (Å²) in [6.45, 7) is 4.92. The average Bonchev–Trinajstić information content (AvgIpc) is 3.45. The first-order valence-electron chi connectivity index (χ1n) is 13.5. The summed E-state index contributed by atoms with van der Waals surface area (Å²) < 4.78 is 14.8. The molecule has 41 heavy (non-hydrogen) atoms. The molecule has 1 saturated heterocycles. The summed E-state index contributed by atoms with van der Waals surface area (Å²) in [7, 11) is 0. The standard InChI is InChI=1S/C32H30FN3O4S/c1-19(2)30-35-27(28(41-30)22-6-4-3-5-7-22)29(37)34-24-12-13-26(33)25(18-24)31(38)36-16-14-21(15-17-36)20-8-10-23(11-9-20)32(39)40/h3-13,18-19,21H,14-17H2,1-2H3,(H,34,37)(H,39,40). The molecular weight excluding hydrogens is 541 g/mol. The molecule has 9 heteroatoms. The molecule has 0 unspecified atom stereocenters. The van der Waals surface area contributed by atoms with Crippen LogP contribution in [0.4, 0.5) is 10.1 Å². The molecule has 2 heterocycles. The summed E-state index contributed by atoms with van der Waals surface area (Å²) in [6.07, 6.45) is 1.36. The number of amides is 2. The fourth-order valence-corrected chi connectivity index (χ4v) is 6.03. The SMILES string of the molecule is CC(C)c1nc(C(=O)Nc2ccc(F)c(C(=O)N3CCC(c4ccc(C(=O)O)cc4)CC3)c2)c(-c2ccccc2)s1. The minimum atomic E-state index is -0.971. The fourth-order valence-electron chi connectivity index (χ4n) is 4.96. The molecule has 2 amide bonds. The van der Waals surface area contributed by atoms with Crippen LogP contribution in [0.15, 0.2) is 72.8 Å². The van der Waals surface area contributed by atoms with E-state index in [2.05, 4.69) is 10.3 Å². The molecule has 0 aliphatic carbocycles. The van der Waals surface area contributed by atoms with E-state index in [1.54, 1.807) is 17.0 Å². The Morgan fingerprint density at radius 2 is 1.68 bits per heavy atom. The Kier molecular flexibility index (Phi) is 8.26. The number of halogens is 1. The molecule has 0 saturated carbocycles. The number of thiazole rings is 1. The third-order valence-corrected chi connectivity index (χ3v) is 8.66. The van der Waals surface area contributed by atoms with E-state index in [1.807, 2.05) is 56.3 Å². The van der Waals surface area contributed by atoms with Crippen LogP contribution in [0.3, 0.4) is 0 Å². The van der Waals surface area contributed by atoms with Crippen molar-refractivity contribution >= 4 is 34.8 Å². The third kappa shape index (κ3) is 6.20. The van der Waals surface area contributed by atoms with E-state index in [0.29, 0.717) is 37.3 Å². The lowest BCUT2D eigenvalue weighted by atomic mass is 9.88. The molecule has 210 valence electrons. The second kappa shape index (κ2) is 12.0. The van der Waals surface area contributed by atoms with Gasteiger partial charge >= 0.3 is 5.97 Å². The summed E-state index contributed by atoms with van der Waals surface area (Å²) >= 11 is 1.47. The Labute approximate surface area is 241 Å². The van der Waals surface area contributed by atoms with Crippen LogP contribution in [0.1, 0.15) is 80.3 Å². The maximum absolute atomic E-state index is 14.8. The average molecular weight is 572 g/mol. The number of carbonyl (C=O) groups is 3. The van der Waals surface area contributed by atoms with Crippen LogP contribution in [0, 0.1) is 5.82 Å². The molecule has 4 aromatic rings. The van der Waals surface area contributed by atoms with Crippen molar-refractivity contribution < 1.29 is 23.9 Å². The van der Waals surface area contributed by atoms with Crippen molar-refractivity contribution in [1.29, 1.82) is 0 Å². The van der Waals surface area contributed by atoms with E-state index in [4.69, 9.17) is 5.11 Å². The van der Waals surface area contributed by atoms with Gasteiger partial charge in [0.25, 0.3) is 11.8 Å². The minimum absolute atomic E-state index is 0.100. The molecule has 0 atom stereocenters. The molecule has 1 fully saturated rings. The molecule has 5 rings (SSSR count). The number of hydrogen-bond donors (Lipinski definition) is 2. The van der Waals surface area contributed by atoms with Crippen LogP contribution in [0.5, 0.6) is 0 Å². The summed E-state index contributed by atoms with van der Waals surface area (Å²) in [5.74, 6) is -2.15. The highest BCUT2D eigenvalue weighted by Crippen LogP contribution is 2.34. The second-order valence-electron chi connectivity index (χ2n) is 10.4. The van der Waals surface area contributed by atoms with Gasteiger partial charge in [0, 0.05) is 24.7 Å². The van der Waals surface area contributed by atoms with Crippen LogP contribution in [0.25, 0.3) is 10.4 Å². The number of aromatic carboxylic acids is 1. The van der Waals surface area contributed by atoms with Gasteiger partial charge in [0.15, 0.2) is 0 Å². The molecule has 1 aromatic heterocycles. The molecule has 0 spiro atoms. The van der Waals surface area contributed by atoms with E-state index in [-0.39, 0.29) is 23.0 Å². The molecular formula is C32H30FN3O4S. The lowest BCUT2D eigenvalue weighted by molar-refractivity contribution is 0.0690. The monoisotopic (exact) mass is 571 g/mol. The molecule has 0 radical (unpaired) electrons.